The molecule has 0 saturated heterocycles. The van der Waals surface area contributed by atoms with Crippen molar-refractivity contribution >= 4 is 10.1 Å². The third kappa shape index (κ3) is 5.43. The number of benzene rings is 5. The van der Waals surface area contributed by atoms with Gasteiger partial charge in [-0.25, -0.2) is 0 Å². The fourth-order valence-electron chi connectivity index (χ4n) is 5.06. The second-order valence-corrected chi connectivity index (χ2v) is 11.0. The van der Waals surface area contributed by atoms with Gasteiger partial charge in [0.2, 0.25) is 0 Å². The maximum Gasteiger partial charge on any atom is 0.522 e. The van der Waals surface area contributed by atoms with Crippen molar-refractivity contribution in [3.05, 3.63) is 132 Å². The summed E-state index contributed by atoms with van der Waals surface area (Å²) >= 11 is 0. The molecule has 0 heterocycles. The molecule has 0 fully saturated rings. The van der Waals surface area contributed by atoms with Gasteiger partial charge in [-0.15, -0.1) is 0 Å². The number of aryl methyl sites for hydroxylation is 1. The van der Waals surface area contributed by atoms with E-state index in [1.54, 1.807) is 0 Å². The van der Waals surface area contributed by atoms with Crippen LogP contribution in [0.2, 0.25) is 0 Å². The van der Waals surface area contributed by atoms with E-state index in [4.69, 9.17) is 13.0 Å². The van der Waals surface area contributed by atoms with Crippen molar-refractivity contribution in [2.24, 2.45) is 0 Å². The van der Waals surface area contributed by atoms with Crippen molar-refractivity contribution in [3.8, 4) is 44.5 Å². The summed E-state index contributed by atoms with van der Waals surface area (Å²) < 4.78 is 57.5. The summed E-state index contributed by atoms with van der Waals surface area (Å²) in [7, 11) is -5.84. The fraction of sp³-hybridized carbons (Fsp3) is 0.0909. The van der Waals surface area contributed by atoms with Crippen LogP contribution in [0.5, 0.6) is 0 Å². The van der Waals surface area contributed by atoms with E-state index in [1.165, 1.54) is 61.2 Å². The van der Waals surface area contributed by atoms with Gasteiger partial charge in [-0.3, -0.25) is 4.55 Å². The van der Waals surface area contributed by atoms with Crippen LogP contribution in [0.15, 0.2) is 115 Å². The van der Waals surface area contributed by atoms with Crippen LogP contribution in [-0.2, 0) is 16.5 Å². The molecular formula is C33H25F3O3S. The van der Waals surface area contributed by atoms with Crippen molar-refractivity contribution in [3.63, 3.8) is 0 Å². The van der Waals surface area contributed by atoms with Gasteiger partial charge in [-0.2, -0.15) is 21.6 Å². The molecule has 0 spiro atoms. The molecule has 3 nitrogen and oxygen atoms in total. The van der Waals surface area contributed by atoms with Crippen molar-refractivity contribution in [1.82, 2.24) is 0 Å². The van der Waals surface area contributed by atoms with Gasteiger partial charge in [0, 0.05) is 0 Å². The number of hydrogen-bond acceptors (Lipinski definition) is 2. The molecule has 0 unspecified atom stereocenters. The van der Waals surface area contributed by atoms with E-state index in [1.807, 2.05) is 0 Å². The highest BCUT2D eigenvalue weighted by Gasteiger charge is 2.44. The van der Waals surface area contributed by atoms with E-state index in [0.717, 1.165) is 6.42 Å². The van der Waals surface area contributed by atoms with E-state index < -0.39 is 15.6 Å². The summed E-state index contributed by atoms with van der Waals surface area (Å²) in [5.74, 6) is 0. The molecule has 1 N–H and O–H groups in total. The first-order chi connectivity index (χ1) is 19.0. The normalized spacial score (nSPS) is 12.2. The molecule has 202 valence electrons. The van der Waals surface area contributed by atoms with Crippen LogP contribution in [0.4, 0.5) is 13.2 Å². The van der Waals surface area contributed by atoms with Gasteiger partial charge in [-0.05, 0) is 75.0 Å². The summed E-state index contributed by atoms with van der Waals surface area (Å²) in [6.45, 7) is 2.15. The molecule has 0 amide bonds. The molecule has 5 aromatic rings. The SMILES string of the molecule is Cc1ccc(-c2cc3c(c(-c4ccccc4)c2-c2ccccc2)Cc2ccccc2-3)cc1.O=S(=O)(O)C(F)(F)F. The molecule has 1 aliphatic rings. The van der Waals surface area contributed by atoms with Gasteiger partial charge in [-0.1, -0.05) is 115 Å². The molecule has 0 aliphatic heterocycles. The predicted molar refractivity (Wildman–Crippen MR) is 153 cm³/mol. The van der Waals surface area contributed by atoms with Crippen LogP contribution in [0.25, 0.3) is 44.5 Å². The van der Waals surface area contributed by atoms with Gasteiger partial charge >= 0.3 is 15.6 Å². The lowest BCUT2D eigenvalue weighted by atomic mass is 9.82. The van der Waals surface area contributed by atoms with Gasteiger partial charge in [0.25, 0.3) is 0 Å². The monoisotopic (exact) mass is 558 g/mol. The quantitative estimate of drug-likeness (QED) is 0.174. The molecule has 0 saturated carbocycles. The second kappa shape index (κ2) is 10.8. The summed E-state index contributed by atoms with van der Waals surface area (Å²) in [5, 5.41) is 0. The lowest BCUT2D eigenvalue weighted by Gasteiger charge is -2.21. The van der Waals surface area contributed by atoms with E-state index in [-0.39, 0.29) is 0 Å². The van der Waals surface area contributed by atoms with E-state index in [0.29, 0.717) is 0 Å². The zero-order chi connectivity index (χ0) is 28.5. The minimum absolute atomic E-state index is 0.976. The minimum Gasteiger partial charge on any atom is -0.279 e. The zero-order valence-corrected chi connectivity index (χ0v) is 22.3. The Hall–Kier alpha value is -4.20. The fourth-order valence-corrected chi connectivity index (χ4v) is 5.06. The van der Waals surface area contributed by atoms with Crippen LogP contribution in [0, 0.1) is 6.92 Å². The molecule has 6 rings (SSSR count). The first kappa shape index (κ1) is 27.4. The lowest BCUT2D eigenvalue weighted by molar-refractivity contribution is -0.0510. The molecule has 40 heavy (non-hydrogen) atoms. The Morgan fingerprint density at radius 3 is 1.68 bits per heavy atom. The molecular weight excluding hydrogens is 533 g/mol. The number of halogens is 3. The Kier molecular flexibility index (Phi) is 7.36. The highest BCUT2D eigenvalue weighted by atomic mass is 32.2. The van der Waals surface area contributed by atoms with Gasteiger partial charge in [0.1, 0.15) is 0 Å². The van der Waals surface area contributed by atoms with E-state index in [2.05, 4.69) is 122 Å². The highest BCUT2D eigenvalue weighted by Crippen LogP contribution is 2.50. The third-order valence-corrected chi connectivity index (χ3v) is 7.47. The largest absolute Gasteiger partial charge is 0.522 e. The van der Waals surface area contributed by atoms with Crippen LogP contribution in [0.1, 0.15) is 16.7 Å². The number of fused-ring (bicyclic) bond motifs is 3. The molecule has 7 heteroatoms. The summed E-state index contributed by atoms with van der Waals surface area (Å²) in [5.41, 5.74) is 9.13. The topological polar surface area (TPSA) is 54.4 Å². The van der Waals surface area contributed by atoms with E-state index in [9.17, 15) is 13.2 Å². The van der Waals surface area contributed by atoms with Crippen molar-refractivity contribution < 1.29 is 26.1 Å². The Balaban J connectivity index is 0.000000355. The van der Waals surface area contributed by atoms with Gasteiger partial charge < -0.3 is 0 Å². The predicted octanol–water partition coefficient (Wildman–Crippen LogP) is 8.96. The first-order valence-corrected chi connectivity index (χ1v) is 14.0. The van der Waals surface area contributed by atoms with Gasteiger partial charge in [0.05, 0.1) is 0 Å². The maximum absolute atomic E-state index is 10.7. The van der Waals surface area contributed by atoms with Crippen molar-refractivity contribution in [2.45, 2.75) is 18.9 Å². The average Bonchev–Trinajstić information content (AvgIpc) is 3.31. The van der Waals surface area contributed by atoms with Crippen LogP contribution in [0.3, 0.4) is 0 Å². The Morgan fingerprint density at radius 2 is 1.12 bits per heavy atom. The van der Waals surface area contributed by atoms with Crippen LogP contribution < -0.4 is 0 Å². The number of alkyl halides is 3. The maximum atomic E-state index is 10.7. The second-order valence-electron chi connectivity index (χ2n) is 9.55. The summed E-state index contributed by atoms with van der Waals surface area (Å²) in [6.07, 6.45) is 0.976. The molecule has 0 aromatic heterocycles. The average molecular weight is 559 g/mol. The van der Waals surface area contributed by atoms with Crippen LogP contribution in [-0.4, -0.2) is 18.5 Å². The molecule has 0 atom stereocenters. The Bertz CT molecular complexity index is 1760. The molecule has 5 aromatic carbocycles. The summed E-state index contributed by atoms with van der Waals surface area (Å²) in [4.78, 5) is 0. The zero-order valence-electron chi connectivity index (χ0n) is 21.5. The van der Waals surface area contributed by atoms with Crippen molar-refractivity contribution in [2.75, 3.05) is 0 Å². The molecule has 1 aliphatic carbocycles. The third-order valence-electron chi connectivity index (χ3n) is 6.89. The smallest absolute Gasteiger partial charge is 0.279 e. The standard InChI is InChI=1S/C32H24.CHF3O3S/c1-22-16-18-23(19-17-22)28-21-29-27-15-9-8-14-26(27)20-30(29)32(25-12-6-3-7-13-25)31(28)24-10-4-2-5-11-24;2-1(3,4)8(5,6)7/h2-19,21H,20H2,1H3;(H,5,6,7). The summed E-state index contributed by atoms with van der Waals surface area (Å²) in [6, 6.07) is 42.0. The Morgan fingerprint density at radius 1 is 0.625 bits per heavy atom. The molecule has 0 radical (unpaired) electrons. The van der Waals surface area contributed by atoms with Crippen LogP contribution >= 0.6 is 0 Å². The highest BCUT2D eigenvalue weighted by molar-refractivity contribution is 7.86. The lowest BCUT2D eigenvalue weighted by Crippen LogP contribution is -2.21. The first-order valence-electron chi connectivity index (χ1n) is 12.5. The van der Waals surface area contributed by atoms with Crippen molar-refractivity contribution in [1.29, 1.82) is 0 Å². The van der Waals surface area contributed by atoms with Gasteiger partial charge in [0.15, 0.2) is 0 Å². The van der Waals surface area contributed by atoms with E-state index >= 15 is 0 Å². The minimum atomic E-state index is -5.84. The number of hydrogen-bond donors (Lipinski definition) is 1. The molecule has 0 bridgehead atoms. The number of rotatable bonds is 3. The Labute approximate surface area is 231 Å².